The van der Waals surface area contributed by atoms with E-state index in [1.165, 1.54) is 12.8 Å². The highest BCUT2D eigenvalue weighted by Gasteiger charge is 2.14. The second-order valence-electron chi connectivity index (χ2n) is 8.58. The van der Waals surface area contributed by atoms with E-state index in [0.29, 0.717) is 23.1 Å². The fourth-order valence-corrected chi connectivity index (χ4v) is 3.76. The van der Waals surface area contributed by atoms with Crippen LogP contribution < -0.4 is 4.74 Å². The summed E-state index contributed by atoms with van der Waals surface area (Å²) in [5.74, 6) is -1.72. The molecule has 0 saturated heterocycles. The highest BCUT2D eigenvalue weighted by atomic mass is 19.2. The Morgan fingerprint density at radius 2 is 1.94 bits per heavy atom. The van der Waals surface area contributed by atoms with Gasteiger partial charge in [0.05, 0.1) is 11.6 Å². The Labute approximate surface area is 206 Å². The molecule has 1 unspecified atom stereocenters. The number of ether oxygens (including phenoxy) is 2. The molecular weight excluding hydrogens is 446 g/mol. The molecule has 0 aliphatic carbocycles. The molecule has 3 aromatic rings. The van der Waals surface area contributed by atoms with Gasteiger partial charge in [0, 0.05) is 29.3 Å². The van der Waals surface area contributed by atoms with Crippen LogP contribution in [-0.2, 0) is 4.74 Å². The molecular formula is C29H34F2N2O2. The van der Waals surface area contributed by atoms with E-state index < -0.39 is 11.6 Å². The number of rotatable bonds is 14. The lowest BCUT2D eigenvalue weighted by Gasteiger charge is -2.12. The van der Waals surface area contributed by atoms with E-state index in [1.54, 1.807) is 48.7 Å². The van der Waals surface area contributed by atoms with Crippen molar-refractivity contribution in [3.8, 4) is 17.1 Å². The van der Waals surface area contributed by atoms with Crippen LogP contribution in [0.3, 0.4) is 0 Å². The predicted octanol–water partition coefficient (Wildman–Crippen LogP) is 7.92. The van der Waals surface area contributed by atoms with Crippen molar-refractivity contribution in [2.45, 2.75) is 58.5 Å². The maximum Gasteiger partial charge on any atom is 0.317 e. The number of halogens is 2. The number of fused-ring (bicyclic) bond motifs is 1. The first-order chi connectivity index (χ1) is 17.0. The van der Waals surface area contributed by atoms with Gasteiger partial charge in [-0.3, -0.25) is 0 Å². The van der Waals surface area contributed by atoms with E-state index in [1.807, 2.05) is 6.08 Å². The van der Waals surface area contributed by atoms with Crippen LogP contribution in [0.4, 0.5) is 8.78 Å². The molecule has 4 nitrogen and oxygen atoms in total. The number of hydrogen-bond donors (Lipinski definition) is 0. The summed E-state index contributed by atoms with van der Waals surface area (Å²) in [6.45, 7) is 8.96. The van der Waals surface area contributed by atoms with Crippen LogP contribution in [0.25, 0.3) is 28.1 Å². The number of nitrogens with zero attached hydrogens (tertiary/aromatic N) is 2. The minimum Gasteiger partial charge on any atom is -0.459 e. The zero-order valence-corrected chi connectivity index (χ0v) is 20.6. The van der Waals surface area contributed by atoms with E-state index >= 15 is 0 Å². The highest BCUT2D eigenvalue weighted by Crippen LogP contribution is 2.29. The zero-order valence-electron chi connectivity index (χ0n) is 20.6. The van der Waals surface area contributed by atoms with Crippen molar-refractivity contribution >= 4 is 17.0 Å². The molecule has 0 aliphatic rings. The van der Waals surface area contributed by atoms with Crippen molar-refractivity contribution in [1.82, 2.24) is 9.97 Å². The van der Waals surface area contributed by atoms with Gasteiger partial charge in [0.2, 0.25) is 0 Å². The second kappa shape index (κ2) is 13.7. The van der Waals surface area contributed by atoms with Crippen LogP contribution in [0.15, 0.2) is 55.3 Å². The summed E-state index contributed by atoms with van der Waals surface area (Å²) in [7, 11) is 0. The molecule has 0 N–H and O–H groups in total. The molecule has 0 aliphatic heterocycles. The Kier molecular flexibility index (Phi) is 10.4. The van der Waals surface area contributed by atoms with Gasteiger partial charge in [-0.05, 0) is 50.3 Å². The lowest BCUT2D eigenvalue weighted by atomic mass is 10.0. The molecule has 35 heavy (non-hydrogen) atoms. The highest BCUT2D eigenvalue weighted by molar-refractivity contribution is 5.84. The van der Waals surface area contributed by atoms with Crippen molar-refractivity contribution in [1.29, 1.82) is 0 Å². The fraction of sp³-hybridized carbons (Fsp3) is 0.379. The van der Waals surface area contributed by atoms with E-state index in [0.717, 1.165) is 32.3 Å². The summed E-state index contributed by atoms with van der Waals surface area (Å²) in [6, 6.07) is 8.65. The van der Waals surface area contributed by atoms with Gasteiger partial charge in [-0.25, -0.2) is 13.8 Å². The quantitative estimate of drug-likeness (QED) is 0.174. The maximum absolute atomic E-state index is 14.9. The average molecular weight is 481 g/mol. The van der Waals surface area contributed by atoms with Gasteiger partial charge in [0.1, 0.15) is 6.61 Å². The molecule has 0 amide bonds. The number of aromatic nitrogens is 2. The third-order valence-corrected chi connectivity index (χ3v) is 5.74. The SMILES string of the molecule is C=CCOc1ncc2cc(-c3ccc(/C=C/CCCC(C)OCCCCC)c(F)c3F)ccc2n1. The fourth-order valence-electron chi connectivity index (χ4n) is 3.76. The average Bonchev–Trinajstić information content (AvgIpc) is 2.87. The maximum atomic E-state index is 14.9. The first-order valence-corrected chi connectivity index (χ1v) is 12.3. The molecule has 0 spiro atoms. The smallest absolute Gasteiger partial charge is 0.317 e. The molecule has 186 valence electrons. The zero-order chi connectivity index (χ0) is 25.0. The van der Waals surface area contributed by atoms with Gasteiger partial charge < -0.3 is 9.47 Å². The van der Waals surface area contributed by atoms with Crippen LogP contribution in [0.2, 0.25) is 0 Å². The molecule has 0 fully saturated rings. The molecule has 3 rings (SSSR count). The minimum absolute atomic E-state index is 0.197. The van der Waals surface area contributed by atoms with Crippen molar-refractivity contribution in [3.05, 3.63) is 72.5 Å². The van der Waals surface area contributed by atoms with Crippen LogP contribution in [-0.4, -0.2) is 29.3 Å². The Hall–Kier alpha value is -3.12. The summed E-state index contributed by atoms with van der Waals surface area (Å²) in [4.78, 5) is 8.47. The first-order valence-electron chi connectivity index (χ1n) is 12.3. The Bertz CT molecular complexity index is 1150. The molecule has 2 aromatic carbocycles. The molecule has 1 aromatic heterocycles. The number of unbranched alkanes of at least 4 members (excludes halogenated alkanes) is 3. The van der Waals surface area contributed by atoms with Gasteiger partial charge in [-0.1, -0.05) is 62.8 Å². The molecule has 1 heterocycles. The first kappa shape index (κ1) is 26.5. The van der Waals surface area contributed by atoms with Crippen molar-refractivity contribution < 1.29 is 18.3 Å². The van der Waals surface area contributed by atoms with Crippen LogP contribution >= 0.6 is 0 Å². The van der Waals surface area contributed by atoms with Gasteiger partial charge in [0.15, 0.2) is 11.6 Å². The van der Waals surface area contributed by atoms with Crippen molar-refractivity contribution in [2.24, 2.45) is 0 Å². The predicted molar refractivity (Wildman–Crippen MR) is 138 cm³/mol. The summed E-state index contributed by atoms with van der Waals surface area (Å²) < 4.78 is 40.8. The Morgan fingerprint density at radius 3 is 2.74 bits per heavy atom. The van der Waals surface area contributed by atoms with Gasteiger partial charge in [-0.2, -0.15) is 4.98 Å². The third kappa shape index (κ3) is 7.69. The Morgan fingerprint density at radius 1 is 1.09 bits per heavy atom. The van der Waals surface area contributed by atoms with Crippen LogP contribution in [0.5, 0.6) is 6.01 Å². The molecule has 0 saturated carbocycles. The molecule has 0 radical (unpaired) electrons. The van der Waals surface area contributed by atoms with Gasteiger partial charge in [-0.15, -0.1) is 0 Å². The Balaban J connectivity index is 1.61. The topological polar surface area (TPSA) is 44.2 Å². The summed E-state index contributed by atoms with van der Waals surface area (Å²) >= 11 is 0. The summed E-state index contributed by atoms with van der Waals surface area (Å²) in [6.07, 6.45) is 13.1. The van der Waals surface area contributed by atoms with Crippen molar-refractivity contribution in [3.63, 3.8) is 0 Å². The van der Waals surface area contributed by atoms with E-state index in [9.17, 15) is 8.78 Å². The van der Waals surface area contributed by atoms with Crippen molar-refractivity contribution in [2.75, 3.05) is 13.2 Å². The van der Waals surface area contributed by atoms with Gasteiger partial charge in [0.25, 0.3) is 0 Å². The lowest BCUT2D eigenvalue weighted by molar-refractivity contribution is 0.0566. The number of benzene rings is 2. The van der Waals surface area contributed by atoms with Gasteiger partial charge >= 0.3 is 6.01 Å². The van der Waals surface area contributed by atoms with Crippen LogP contribution in [0, 0.1) is 11.6 Å². The standard InChI is InChI=1S/C29H34F2N2O2/c1-4-6-10-18-34-21(3)11-8-7-9-12-22-13-15-25(28(31)27(22)30)23-14-16-26-24(19-23)20-32-29(33-26)35-17-5-2/h5,9,12-16,19-21H,2,4,6-8,10-11,17-18H2,1,3H3/b12-9+. The van der Waals surface area contributed by atoms with E-state index in [-0.39, 0.29) is 23.2 Å². The molecule has 0 bridgehead atoms. The van der Waals surface area contributed by atoms with E-state index in [2.05, 4.69) is 30.4 Å². The normalized spacial score (nSPS) is 12.3. The lowest BCUT2D eigenvalue weighted by Crippen LogP contribution is -2.08. The van der Waals surface area contributed by atoms with Crippen LogP contribution in [0.1, 0.15) is 57.9 Å². The largest absolute Gasteiger partial charge is 0.459 e. The number of allylic oxidation sites excluding steroid dienone is 1. The summed E-state index contributed by atoms with van der Waals surface area (Å²) in [5.41, 5.74) is 1.65. The summed E-state index contributed by atoms with van der Waals surface area (Å²) in [5, 5.41) is 0.709. The minimum atomic E-state index is -0.868. The van der Waals surface area contributed by atoms with E-state index in [4.69, 9.17) is 9.47 Å². The second-order valence-corrected chi connectivity index (χ2v) is 8.58. The monoisotopic (exact) mass is 480 g/mol. The molecule has 6 heteroatoms. The molecule has 1 atom stereocenters. The third-order valence-electron chi connectivity index (χ3n) is 5.74. The number of hydrogen-bond acceptors (Lipinski definition) is 4.